The summed E-state index contributed by atoms with van der Waals surface area (Å²) in [5.74, 6) is 1.48. The average Bonchev–Trinajstić information content (AvgIpc) is 3.20. The molecule has 4 rings (SSSR count). The molecule has 7 heteroatoms. The molecule has 2 heterocycles. The van der Waals surface area contributed by atoms with Crippen molar-refractivity contribution < 1.29 is 14.6 Å². The number of aromatic hydroxyl groups is 1. The lowest BCUT2D eigenvalue weighted by atomic mass is 10.0. The van der Waals surface area contributed by atoms with Gasteiger partial charge in [0.05, 0.1) is 23.2 Å². The minimum absolute atomic E-state index is 0.0620. The number of pyridine rings is 1. The molecule has 0 saturated heterocycles. The van der Waals surface area contributed by atoms with Gasteiger partial charge < -0.3 is 14.4 Å². The topological polar surface area (TPSA) is 77.2 Å². The van der Waals surface area contributed by atoms with E-state index in [1.54, 1.807) is 18.3 Å². The minimum atomic E-state index is -0.0731. The van der Waals surface area contributed by atoms with Crippen LogP contribution in [0.1, 0.15) is 43.5 Å². The van der Waals surface area contributed by atoms with Crippen molar-refractivity contribution in [1.82, 2.24) is 14.5 Å². The molecule has 0 unspecified atom stereocenters. The first-order chi connectivity index (χ1) is 16.5. The third-order valence-electron chi connectivity index (χ3n) is 5.56. The van der Waals surface area contributed by atoms with Crippen LogP contribution < -0.4 is 4.74 Å². The number of hydrogen-bond acceptors (Lipinski definition) is 5. The Morgan fingerprint density at radius 2 is 1.88 bits per heavy atom. The molecule has 4 aromatic rings. The first-order valence-electron chi connectivity index (χ1n) is 11.5. The van der Waals surface area contributed by atoms with E-state index in [0.717, 1.165) is 41.9 Å². The van der Waals surface area contributed by atoms with Gasteiger partial charge in [-0.3, -0.25) is 9.78 Å². The molecule has 2 aromatic carbocycles. The van der Waals surface area contributed by atoms with Gasteiger partial charge in [0.15, 0.2) is 11.6 Å². The fourth-order valence-electron chi connectivity index (χ4n) is 3.91. The van der Waals surface area contributed by atoms with Crippen LogP contribution >= 0.6 is 15.9 Å². The summed E-state index contributed by atoms with van der Waals surface area (Å²) in [6, 6.07) is 17.3. The van der Waals surface area contributed by atoms with Crippen molar-refractivity contribution in [3.63, 3.8) is 0 Å². The number of halogens is 1. The molecule has 0 atom stereocenters. The van der Waals surface area contributed by atoms with Gasteiger partial charge in [-0.2, -0.15) is 0 Å². The van der Waals surface area contributed by atoms with E-state index in [-0.39, 0.29) is 17.5 Å². The summed E-state index contributed by atoms with van der Waals surface area (Å²) in [5, 5.41) is 10.5. The van der Waals surface area contributed by atoms with Crippen LogP contribution in [-0.4, -0.2) is 32.0 Å². The van der Waals surface area contributed by atoms with Crippen LogP contribution in [0.4, 0.5) is 0 Å². The Labute approximate surface area is 207 Å². The lowest BCUT2D eigenvalue weighted by molar-refractivity contribution is 0.0965. The molecular weight excluding hydrogens is 494 g/mol. The Hall–Kier alpha value is -3.19. The first-order valence-corrected chi connectivity index (χ1v) is 12.3. The Morgan fingerprint density at radius 1 is 1.09 bits per heavy atom. The summed E-state index contributed by atoms with van der Waals surface area (Å²) in [6.07, 6.45) is 3.87. The van der Waals surface area contributed by atoms with Crippen molar-refractivity contribution in [1.29, 1.82) is 0 Å². The molecule has 0 aliphatic carbocycles. The SMILES string of the molecule is CC(C)CC(=O)c1ccc(OCCCCn2c(-c3ccccn3)nc3ccccc32)c(Br)c1O. The van der Waals surface area contributed by atoms with E-state index >= 15 is 0 Å². The van der Waals surface area contributed by atoms with Crippen molar-refractivity contribution in [2.24, 2.45) is 5.92 Å². The molecule has 0 bridgehead atoms. The number of imidazole rings is 1. The lowest BCUT2D eigenvalue weighted by Crippen LogP contribution is -2.06. The predicted molar refractivity (Wildman–Crippen MR) is 137 cm³/mol. The number of phenols is 1. The molecule has 0 aliphatic heterocycles. The number of carbonyl (C=O) groups is 1. The molecule has 0 radical (unpaired) electrons. The molecule has 2 aromatic heterocycles. The quantitative estimate of drug-likeness (QED) is 0.186. The molecule has 0 spiro atoms. The van der Waals surface area contributed by atoms with Crippen LogP contribution in [0.15, 0.2) is 65.3 Å². The van der Waals surface area contributed by atoms with Crippen LogP contribution in [0.2, 0.25) is 0 Å². The van der Waals surface area contributed by atoms with Crippen molar-refractivity contribution >= 4 is 32.7 Å². The maximum absolute atomic E-state index is 12.3. The number of para-hydroxylation sites is 2. The fourth-order valence-corrected chi connectivity index (χ4v) is 4.37. The molecule has 0 amide bonds. The van der Waals surface area contributed by atoms with Crippen LogP contribution in [0.5, 0.6) is 11.5 Å². The van der Waals surface area contributed by atoms with E-state index in [2.05, 4.69) is 31.5 Å². The highest BCUT2D eigenvalue weighted by atomic mass is 79.9. The van der Waals surface area contributed by atoms with E-state index in [1.807, 2.05) is 50.2 Å². The molecule has 0 saturated carbocycles. The minimum Gasteiger partial charge on any atom is -0.506 e. The second-order valence-electron chi connectivity index (χ2n) is 8.64. The second kappa shape index (κ2) is 10.8. The summed E-state index contributed by atoms with van der Waals surface area (Å²) in [7, 11) is 0. The first kappa shape index (κ1) is 24.0. The monoisotopic (exact) mass is 521 g/mol. The molecule has 1 N–H and O–H groups in total. The Kier molecular flexibility index (Phi) is 7.63. The predicted octanol–water partition coefficient (Wildman–Crippen LogP) is 6.65. The molecule has 0 aliphatic rings. The van der Waals surface area contributed by atoms with Gasteiger partial charge in [-0.05, 0) is 71.1 Å². The second-order valence-corrected chi connectivity index (χ2v) is 9.43. The zero-order valence-corrected chi connectivity index (χ0v) is 21.0. The van der Waals surface area contributed by atoms with Crippen molar-refractivity contribution in [2.75, 3.05) is 6.61 Å². The number of aryl methyl sites for hydroxylation is 1. The number of ether oxygens (including phenoxy) is 1. The number of hydrogen-bond donors (Lipinski definition) is 1. The summed E-state index contributed by atoms with van der Waals surface area (Å²) in [5.41, 5.74) is 3.20. The molecule has 0 fully saturated rings. The van der Waals surface area contributed by atoms with Gasteiger partial charge in [-0.1, -0.05) is 32.0 Å². The number of phenolic OH excluding ortho intramolecular Hbond substituents is 1. The number of rotatable bonds is 10. The number of benzene rings is 2. The Morgan fingerprint density at radius 3 is 2.65 bits per heavy atom. The zero-order valence-electron chi connectivity index (χ0n) is 19.4. The maximum Gasteiger partial charge on any atom is 0.166 e. The summed E-state index contributed by atoms with van der Waals surface area (Å²) in [4.78, 5) is 21.6. The van der Waals surface area contributed by atoms with E-state index in [0.29, 0.717) is 28.8 Å². The number of carbonyl (C=O) groups excluding carboxylic acids is 1. The van der Waals surface area contributed by atoms with Gasteiger partial charge in [-0.15, -0.1) is 0 Å². The van der Waals surface area contributed by atoms with E-state index < -0.39 is 0 Å². The number of unbranched alkanes of at least 4 members (excludes halogenated alkanes) is 1. The third-order valence-corrected chi connectivity index (χ3v) is 6.32. The van der Waals surface area contributed by atoms with Crippen molar-refractivity contribution in [3.05, 3.63) is 70.8 Å². The highest BCUT2D eigenvalue weighted by Gasteiger charge is 2.18. The fraction of sp³-hybridized carbons (Fsp3) is 0.296. The summed E-state index contributed by atoms with van der Waals surface area (Å²) in [6.45, 7) is 5.23. The summed E-state index contributed by atoms with van der Waals surface area (Å²) >= 11 is 3.38. The molecule has 176 valence electrons. The highest BCUT2D eigenvalue weighted by Crippen LogP contribution is 2.37. The Balaban J connectivity index is 1.39. The largest absolute Gasteiger partial charge is 0.506 e. The number of nitrogens with zero attached hydrogens (tertiary/aromatic N) is 3. The number of fused-ring (bicyclic) bond motifs is 1. The van der Waals surface area contributed by atoms with Crippen LogP contribution in [0.25, 0.3) is 22.6 Å². The van der Waals surface area contributed by atoms with Crippen molar-refractivity contribution in [3.8, 4) is 23.0 Å². The van der Waals surface area contributed by atoms with Gasteiger partial charge in [0.25, 0.3) is 0 Å². The van der Waals surface area contributed by atoms with Gasteiger partial charge in [-0.25, -0.2) is 4.98 Å². The standard InChI is InChI=1S/C27H28BrN3O3/c1-18(2)17-23(32)19-12-13-24(25(28)26(19)33)34-16-8-7-15-31-22-11-4-3-9-20(22)30-27(31)21-10-5-6-14-29-21/h3-6,9-14,18,33H,7-8,15-17H2,1-2H3. The molecule has 34 heavy (non-hydrogen) atoms. The third kappa shape index (κ3) is 5.30. The number of ketones is 1. The zero-order chi connectivity index (χ0) is 24.1. The van der Waals surface area contributed by atoms with Gasteiger partial charge >= 0.3 is 0 Å². The van der Waals surface area contributed by atoms with E-state index in [9.17, 15) is 9.90 Å². The normalized spacial score (nSPS) is 11.3. The van der Waals surface area contributed by atoms with E-state index in [4.69, 9.17) is 9.72 Å². The Bertz CT molecular complexity index is 1290. The molecule has 6 nitrogen and oxygen atoms in total. The van der Waals surface area contributed by atoms with Crippen LogP contribution in [0, 0.1) is 5.92 Å². The summed E-state index contributed by atoms with van der Waals surface area (Å²) < 4.78 is 8.52. The van der Waals surface area contributed by atoms with Gasteiger partial charge in [0, 0.05) is 19.2 Å². The molecular formula is C27H28BrN3O3. The van der Waals surface area contributed by atoms with Gasteiger partial charge in [0.2, 0.25) is 0 Å². The van der Waals surface area contributed by atoms with Gasteiger partial charge in [0.1, 0.15) is 21.7 Å². The lowest BCUT2D eigenvalue weighted by Gasteiger charge is -2.13. The van der Waals surface area contributed by atoms with Crippen LogP contribution in [-0.2, 0) is 6.54 Å². The van der Waals surface area contributed by atoms with E-state index in [1.165, 1.54) is 0 Å². The van der Waals surface area contributed by atoms with Crippen molar-refractivity contribution in [2.45, 2.75) is 39.7 Å². The van der Waals surface area contributed by atoms with Crippen LogP contribution in [0.3, 0.4) is 0 Å². The number of Topliss-reactive ketones (excluding diaryl/α,β-unsaturated/α-hetero) is 1. The smallest absolute Gasteiger partial charge is 0.166 e. The number of aromatic nitrogens is 3. The highest BCUT2D eigenvalue weighted by molar-refractivity contribution is 9.10. The average molecular weight is 522 g/mol. The maximum atomic E-state index is 12.3.